The first-order valence-corrected chi connectivity index (χ1v) is 5.30. The number of pyridine rings is 1. The fourth-order valence-corrected chi connectivity index (χ4v) is 1.88. The van der Waals surface area contributed by atoms with Crippen LogP contribution in [0.4, 0.5) is 0 Å². The summed E-state index contributed by atoms with van der Waals surface area (Å²) in [5.74, 6) is 0. The zero-order valence-corrected chi connectivity index (χ0v) is 9.08. The molecule has 2 heterocycles. The maximum atomic E-state index is 5.53. The highest BCUT2D eigenvalue weighted by molar-refractivity contribution is 7.99. The highest BCUT2D eigenvalue weighted by Crippen LogP contribution is 2.25. The molecule has 15 heavy (non-hydrogen) atoms. The molecule has 0 spiro atoms. The molecule has 0 saturated carbocycles. The fourth-order valence-electron chi connectivity index (χ4n) is 1.17. The molecule has 0 saturated heterocycles. The zero-order valence-electron chi connectivity index (χ0n) is 8.27. The minimum absolute atomic E-state index is 0.515. The summed E-state index contributed by atoms with van der Waals surface area (Å²) in [5, 5.41) is 8.22. The number of H-pyrrole nitrogens is 1. The molecule has 0 atom stereocenters. The lowest BCUT2D eigenvalue weighted by atomic mass is 10.2. The lowest BCUT2D eigenvalue weighted by molar-refractivity contribution is 0.953. The number of aryl methyl sites for hydroxylation is 1. The monoisotopic (exact) mass is 221 g/mol. The van der Waals surface area contributed by atoms with E-state index in [0.29, 0.717) is 6.54 Å². The lowest BCUT2D eigenvalue weighted by Gasteiger charge is -2.03. The Kier molecular flexibility index (Phi) is 2.98. The maximum Gasteiger partial charge on any atom is 0.189 e. The number of hydrogen-bond donors (Lipinski definition) is 2. The summed E-state index contributed by atoms with van der Waals surface area (Å²) in [6.45, 7) is 2.52. The molecule has 3 N–H and O–H groups in total. The van der Waals surface area contributed by atoms with Gasteiger partial charge in [-0.2, -0.15) is 5.10 Å². The molecule has 6 heteroatoms. The molecule has 0 bridgehead atoms. The zero-order chi connectivity index (χ0) is 10.7. The minimum atomic E-state index is 0.515. The van der Waals surface area contributed by atoms with Crippen LogP contribution in [0.2, 0.25) is 0 Å². The summed E-state index contributed by atoms with van der Waals surface area (Å²) in [6.07, 6.45) is 3.26. The molecule has 0 aliphatic rings. The van der Waals surface area contributed by atoms with Gasteiger partial charge in [-0.15, -0.1) is 0 Å². The third kappa shape index (κ3) is 2.34. The minimum Gasteiger partial charge on any atom is -0.326 e. The summed E-state index contributed by atoms with van der Waals surface area (Å²) < 4.78 is 0. The summed E-state index contributed by atoms with van der Waals surface area (Å²) in [4.78, 5) is 8.35. The Bertz CT molecular complexity index is 440. The van der Waals surface area contributed by atoms with Crippen LogP contribution in [0.15, 0.2) is 28.8 Å². The van der Waals surface area contributed by atoms with Gasteiger partial charge in [-0.25, -0.2) is 9.97 Å². The van der Waals surface area contributed by atoms with Crippen LogP contribution in [-0.4, -0.2) is 20.2 Å². The van der Waals surface area contributed by atoms with E-state index in [-0.39, 0.29) is 0 Å². The van der Waals surface area contributed by atoms with E-state index < -0.39 is 0 Å². The van der Waals surface area contributed by atoms with Crippen molar-refractivity contribution < 1.29 is 0 Å². The number of aromatic amines is 1. The van der Waals surface area contributed by atoms with Gasteiger partial charge in [-0.1, -0.05) is 6.07 Å². The van der Waals surface area contributed by atoms with E-state index in [1.807, 2.05) is 13.0 Å². The quantitative estimate of drug-likeness (QED) is 0.811. The standard InChI is InChI=1S/C9H11N5S/c1-6-2-7(3-10)4-11-8(6)15-9-12-5-13-14-9/h2,4-5H,3,10H2,1H3,(H,12,13,14). The average Bonchev–Trinajstić information content (AvgIpc) is 2.74. The van der Waals surface area contributed by atoms with E-state index in [9.17, 15) is 0 Å². The summed E-state index contributed by atoms with van der Waals surface area (Å²) in [5.41, 5.74) is 7.66. The first kappa shape index (κ1) is 10.1. The molecule has 2 aromatic rings. The van der Waals surface area contributed by atoms with Gasteiger partial charge in [0.15, 0.2) is 5.16 Å². The number of aromatic nitrogens is 4. The summed E-state index contributed by atoms with van der Waals surface area (Å²) >= 11 is 1.46. The third-order valence-corrected chi connectivity index (χ3v) is 2.92. The number of nitrogens with two attached hydrogens (primary N) is 1. The molecule has 0 amide bonds. The van der Waals surface area contributed by atoms with Crippen molar-refractivity contribution in [3.8, 4) is 0 Å². The van der Waals surface area contributed by atoms with Crippen molar-refractivity contribution in [2.24, 2.45) is 5.73 Å². The largest absolute Gasteiger partial charge is 0.326 e. The maximum absolute atomic E-state index is 5.53. The van der Waals surface area contributed by atoms with E-state index in [1.54, 1.807) is 6.20 Å². The Morgan fingerprint density at radius 3 is 2.93 bits per heavy atom. The van der Waals surface area contributed by atoms with Crippen molar-refractivity contribution in [1.82, 2.24) is 20.2 Å². The highest BCUT2D eigenvalue weighted by atomic mass is 32.2. The lowest BCUT2D eigenvalue weighted by Crippen LogP contribution is -1.98. The van der Waals surface area contributed by atoms with E-state index in [0.717, 1.165) is 21.3 Å². The smallest absolute Gasteiger partial charge is 0.189 e. The van der Waals surface area contributed by atoms with Crippen molar-refractivity contribution in [3.63, 3.8) is 0 Å². The molecular weight excluding hydrogens is 210 g/mol. The molecule has 78 valence electrons. The normalized spacial score (nSPS) is 10.5. The van der Waals surface area contributed by atoms with Gasteiger partial charge >= 0.3 is 0 Å². The Morgan fingerprint density at radius 1 is 1.47 bits per heavy atom. The molecule has 5 nitrogen and oxygen atoms in total. The fraction of sp³-hybridized carbons (Fsp3) is 0.222. The van der Waals surface area contributed by atoms with E-state index in [1.165, 1.54) is 18.1 Å². The third-order valence-electron chi connectivity index (χ3n) is 1.91. The number of hydrogen-bond acceptors (Lipinski definition) is 5. The van der Waals surface area contributed by atoms with E-state index >= 15 is 0 Å². The second-order valence-corrected chi connectivity index (χ2v) is 4.04. The molecule has 2 aromatic heterocycles. The van der Waals surface area contributed by atoms with Gasteiger partial charge < -0.3 is 5.73 Å². The van der Waals surface area contributed by atoms with Crippen molar-refractivity contribution in [2.75, 3.05) is 0 Å². The van der Waals surface area contributed by atoms with Gasteiger partial charge in [0.1, 0.15) is 11.4 Å². The number of rotatable bonds is 3. The molecule has 0 aliphatic heterocycles. The average molecular weight is 221 g/mol. The Hall–Kier alpha value is -1.40. The van der Waals surface area contributed by atoms with Gasteiger partial charge in [-0.05, 0) is 29.8 Å². The predicted octanol–water partition coefficient (Wildman–Crippen LogP) is 1.12. The van der Waals surface area contributed by atoms with Crippen LogP contribution in [0.3, 0.4) is 0 Å². The van der Waals surface area contributed by atoms with Gasteiger partial charge in [0, 0.05) is 12.7 Å². The van der Waals surface area contributed by atoms with Crippen LogP contribution < -0.4 is 5.73 Å². The molecule has 0 unspecified atom stereocenters. The van der Waals surface area contributed by atoms with Gasteiger partial charge in [0.2, 0.25) is 0 Å². The van der Waals surface area contributed by atoms with Crippen LogP contribution in [0.5, 0.6) is 0 Å². The van der Waals surface area contributed by atoms with Gasteiger partial charge in [-0.3, -0.25) is 5.10 Å². The van der Waals surface area contributed by atoms with Crippen molar-refractivity contribution in [2.45, 2.75) is 23.7 Å². The highest BCUT2D eigenvalue weighted by Gasteiger charge is 2.05. The van der Waals surface area contributed by atoms with E-state index in [2.05, 4.69) is 20.2 Å². The van der Waals surface area contributed by atoms with Crippen LogP contribution in [-0.2, 0) is 6.54 Å². The van der Waals surface area contributed by atoms with Crippen molar-refractivity contribution in [3.05, 3.63) is 29.7 Å². The first-order chi connectivity index (χ1) is 7.29. The number of nitrogens with one attached hydrogen (secondary N) is 1. The van der Waals surface area contributed by atoms with Crippen LogP contribution in [0, 0.1) is 6.92 Å². The molecule has 0 aliphatic carbocycles. The Labute approximate surface area is 91.5 Å². The topological polar surface area (TPSA) is 80.5 Å². The van der Waals surface area contributed by atoms with Gasteiger partial charge in [0.25, 0.3) is 0 Å². The van der Waals surface area contributed by atoms with Crippen molar-refractivity contribution in [1.29, 1.82) is 0 Å². The van der Waals surface area contributed by atoms with Crippen molar-refractivity contribution >= 4 is 11.8 Å². The summed E-state index contributed by atoms with van der Waals surface area (Å²) in [6, 6.07) is 2.03. The SMILES string of the molecule is Cc1cc(CN)cnc1Sc1ncn[nH]1. The van der Waals surface area contributed by atoms with Crippen LogP contribution >= 0.6 is 11.8 Å². The molecular formula is C9H11N5S. The molecule has 0 fully saturated rings. The molecule has 0 radical (unpaired) electrons. The van der Waals surface area contributed by atoms with Gasteiger partial charge in [0.05, 0.1) is 0 Å². The van der Waals surface area contributed by atoms with E-state index in [4.69, 9.17) is 5.73 Å². The Balaban J connectivity index is 2.22. The van der Waals surface area contributed by atoms with Crippen LogP contribution in [0.1, 0.15) is 11.1 Å². The first-order valence-electron chi connectivity index (χ1n) is 4.48. The molecule has 2 rings (SSSR count). The number of nitrogens with zero attached hydrogens (tertiary/aromatic N) is 3. The molecule has 0 aromatic carbocycles. The summed E-state index contributed by atoms with van der Waals surface area (Å²) in [7, 11) is 0. The second-order valence-electron chi connectivity index (χ2n) is 3.06. The van der Waals surface area contributed by atoms with Crippen LogP contribution in [0.25, 0.3) is 0 Å². The Morgan fingerprint density at radius 2 is 2.33 bits per heavy atom. The second kappa shape index (κ2) is 4.41. The predicted molar refractivity (Wildman–Crippen MR) is 57.4 cm³/mol.